The maximum absolute atomic E-state index is 12.7. The number of aryl methyl sites for hydroxylation is 1. The van der Waals surface area contributed by atoms with Crippen molar-refractivity contribution in [3.63, 3.8) is 0 Å². The lowest BCUT2D eigenvalue weighted by Gasteiger charge is -2.08. The van der Waals surface area contributed by atoms with Crippen molar-refractivity contribution in [3.8, 4) is 11.3 Å². The molecule has 0 spiro atoms. The van der Waals surface area contributed by atoms with E-state index in [2.05, 4.69) is 19.8 Å². The van der Waals surface area contributed by atoms with E-state index < -0.39 is 10.0 Å². The smallest absolute Gasteiger partial charge is 0.238 e. The van der Waals surface area contributed by atoms with Crippen LogP contribution in [0.15, 0.2) is 71.5 Å². The third-order valence-corrected chi connectivity index (χ3v) is 6.03. The molecule has 0 aliphatic heterocycles. The normalized spacial score (nSPS) is 11.9. The maximum atomic E-state index is 12.7. The topological polar surface area (TPSA) is 102 Å². The van der Waals surface area contributed by atoms with Crippen LogP contribution in [0.1, 0.15) is 11.4 Å². The number of sulfonamides is 1. The van der Waals surface area contributed by atoms with Gasteiger partial charge in [-0.3, -0.25) is 9.12 Å². The zero-order valence-corrected chi connectivity index (χ0v) is 16.8. The van der Waals surface area contributed by atoms with Crippen LogP contribution in [0, 0.1) is 6.92 Å². The molecule has 0 saturated carbocycles. The van der Waals surface area contributed by atoms with Gasteiger partial charge in [0, 0.05) is 34.7 Å². The number of nitrogens with zero attached hydrogens (tertiary/aromatic N) is 4. The highest BCUT2D eigenvalue weighted by Gasteiger charge is 2.18. The molecule has 0 atom stereocenters. The summed E-state index contributed by atoms with van der Waals surface area (Å²) in [6.07, 6.45) is 3.58. The number of fused-ring (bicyclic) bond motifs is 2. The summed E-state index contributed by atoms with van der Waals surface area (Å²) in [4.78, 5) is 8.83. The van der Waals surface area contributed by atoms with Crippen molar-refractivity contribution in [1.82, 2.24) is 19.5 Å². The lowest BCUT2D eigenvalue weighted by molar-refractivity contribution is 0.448. The Morgan fingerprint density at radius 1 is 1.10 bits per heavy atom. The van der Waals surface area contributed by atoms with Crippen LogP contribution in [0.5, 0.6) is 0 Å². The molecule has 3 heterocycles. The quantitative estimate of drug-likeness (QED) is 0.465. The Morgan fingerprint density at radius 3 is 2.83 bits per heavy atom. The molecular formula is C21H17N5O3S. The van der Waals surface area contributed by atoms with Gasteiger partial charge in [-0.15, -0.1) is 0 Å². The lowest BCUT2D eigenvalue weighted by Crippen LogP contribution is -2.15. The van der Waals surface area contributed by atoms with Crippen LogP contribution in [0.4, 0.5) is 5.69 Å². The van der Waals surface area contributed by atoms with E-state index in [4.69, 9.17) is 4.52 Å². The molecule has 150 valence electrons. The molecule has 30 heavy (non-hydrogen) atoms. The lowest BCUT2D eigenvalue weighted by atomic mass is 10.1. The largest absolute Gasteiger partial charge is 0.356 e. The molecular weight excluding hydrogens is 402 g/mol. The first-order chi connectivity index (χ1) is 14.5. The minimum atomic E-state index is -3.69. The van der Waals surface area contributed by atoms with Gasteiger partial charge in [-0.1, -0.05) is 29.4 Å². The number of hydrogen-bond donors (Lipinski definition) is 1. The summed E-state index contributed by atoms with van der Waals surface area (Å²) in [6, 6.07) is 16.1. The molecule has 0 fully saturated rings. The fourth-order valence-corrected chi connectivity index (χ4v) is 4.57. The monoisotopic (exact) mass is 419 g/mol. The average molecular weight is 419 g/mol. The van der Waals surface area contributed by atoms with E-state index >= 15 is 0 Å². The summed E-state index contributed by atoms with van der Waals surface area (Å²) < 4.78 is 35.2. The van der Waals surface area contributed by atoms with Crippen LogP contribution in [0.25, 0.3) is 28.0 Å². The van der Waals surface area contributed by atoms with Crippen molar-refractivity contribution in [2.24, 2.45) is 0 Å². The van der Waals surface area contributed by atoms with Gasteiger partial charge in [0.2, 0.25) is 15.8 Å². The molecule has 0 unspecified atom stereocenters. The zero-order valence-electron chi connectivity index (χ0n) is 16.0. The van der Waals surface area contributed by atoms with Gasteiger partial charge in [0.25, 0.3) is 0 Å². The second-order valence-corrected chi connectivity index (χ2v) is 8.63. The fraction of sp³-hybridized carbons (Fsp3) is 0.0952. The third kappa shape index (κ3) is 3.29. The number of hydrogen-bond acceptors (Lipinski definition) is 6. The van der Waals surface area contributed by atoms with E-state index in [1.807, 2.05) is 41.8 Å². The highest BCUT2D eigenvalue weighted by molar-refractivity contribution is 7.91. The van der Waals surface area contributed by atoms with Crippen LogP contribution in [-0.2, 0) is 15.8 Å². The van der Waals surface area contributed by atoms with Crippen LogP contribution >= 0.6 is 0 Å². The predicted octanol–water partition coefficient (Wildman–Crippen LogP) is 3.79. The van der Waals surface area contributed by atoms with E-state index in [1.165, 1.54) is 0 Å². The summed E-state index contributed by atoms with van der Waals surface area (Å²) in [7, 11) is -3.69. The number of anilines is 1. The van der Waals surface area contributed by atoms with Crippen LogP contribution in [-0.4, -0.2) is 27.9 Å². The second kappa shape index (κ2) is 6.96. The van der Waals surface area contributed by atoms with E-state index in [0.717, 1.165) is 17.0 Å². The minimum absolute atomic E-state index is 0.286. The summed E-state index contributed by atoms with van der Waals surface area (Å²) in [5.74, 6) is 0.305. The standard InChI is InChI=1S/C21H17N5O3S/c1-14-20(23-21-22-10-5-11-26(14)21)15-6-4-7-16(12-15)25-30(27,28)13-18-17-8-2-3-9-19(17)29-24-18/h2-12,25H,13H2,1H3. The average Bonchev–Trinajstić information content (AvgIpc) is 3.29. The van der Waals surface area contributed by atoms with Crippen molar-refractivity contribution in [2.45, 2.75) is 12.7 Å². The number of rotatable bonds is 5. The second-order valence-electron chi connectivity index (χ2n) is 6.90. The molecule has 8 nitrogen and oxygen atoms in total. The zero-order chi connectivity index (χ0) is 20.7. The Kier molecular flexibility index (Phi) is 4.25. The third-order valence-electron chi connectivity index (χ3n) is 4.83. The van der Waals surface area contributed by atoms with Gasteiger partial charge in [0.05, 0.1) is 5.69 Å². The maximum Gasteiger partial charge on any atom is 0.238 e. The highest BCUT2D eigenvalue weighted by Crippen LogP contribution is 2.27. The predicted molar refractivity (Wildman–Crippen MR) is 113 cm³/mol. The molecule has 5 aromatic rings. The van der Waals surface area contributed by atoms with Gasteiger partial charge in [0.15, 0.2) is 5.58 Å². The molecule has 0 aliphatic rings. The van der Waals surface area contributed by atoms with Gasteiger partial charge >= 0.3 is 0 Å². The Bertz CT molecular complexity index is 1490. The first kappa shape index (κ1) is 18.3. The Morgan fingerprint density at radius 2 is 1.97 bits per heavy atom. The SMILES string of the molecule is Cc1c(-c2cccc(NS(=O)(=O)Cc3noc4ccccc34)c2)nc2ncccn12. The van der Waals surface area contributed by atoms with Crippen molar-refractivity contribution in [1.29, 1.82) is 0 Å². The van der Waals surface area contributed by atoms with E-state index in [0.29, 0.717) is 28.1 Å². The molecule has 1 N–H and O–H groups in total. The molecule has 0 aliphatic carbocycles. The Labute approximate surface area is 172 Å². The summed E-state index contributed by atoms with van der Waals surface area (Å²) in [5, 5.41) is 4.59. The van der Waals surface area contributed by atoms with Gasteiger partial charge < -0.3 is 4.52 Å². The number of para-hydroxylation sites is 1. The van der Waals surface area contributed by atoms with Crippen molar-refractivity contribution >= 4 is 32.5 Å². The molecule has 2 aromatic carbocycles. The van der Waals surface area contributed by atoms with Crippen molar-refractivity contribution in [3.05, 3.63) is 78.4 Å². The number of benzene rings is 2. The number of imidazole rings is 1. The van der Waals surface area contributed by atoms with Crippen LogP contribution in [0.2, 0.25) is 0 Å². The Hall–Kier alpha value is -3.72. The molecule has 0 amide bonds. The van der Waals surface area contributed by atoms with Gasteiger partial charge in [-0.25, -0.2) is 18.4 Å². The fourth-order valence-electron chi connectivity index (χ4n) is 3.44. The summed E-state index contributed by atoms with van der Waals surface area (Å²) >= 11 is 0. The molecule has 5 rings (SSSR count). The summed E-state index contributed by atoms with van der Waals surface area (Å²) in [6.45, 7) is 1.95. The van der Waals surface area contributed by atoms with Crippen molar-refractivity contribution < 1.29 is 12.9 Å². The van der Waals surface area contributed by atoms with E-state index in [1.54, 1.807) is 36.5 Å². The van der Waals surface area contributed by atoms with E-state index in [9.17, 15) is 8.42 Å². The Balaban J connectivity index is 1.44. The first-order valence-corrected chi connectivity index (χ1v) is 10.9. The summed E-state index contributed by atoms with van der Waals surface area (Å²) in [5.41, 5.74) is 3.84. The molecule has 0 bridgehead atoms. The molecule has 3 aromatic heterocycles. The first-order valence-electron chi connectivity index (χ1n) is 9.24. The number of aromatic nitrogens is 4. The highest BCUT2D eigenvalue weighted by atomic mass is 32.2. The number of nitrogens with one attached hydrogen (secondary N) is 1. The van der Waals surface area contributed by atoms with Crippen molar-refractivity contribution in [2.75, 3.05) is 4.72 Å². The van der Waals surface area contributed by atoms with Gasteiger partial charge in [0.1, 0.15) is 11.4 Å². The minimum Gasteiger partial charge on any atom is -0.356 e. The molecule has 9 heteroatoms. The molecule has 0 radical (unpaired) electrons. The van der Waals surface area contributed by atoms with Gasteiger partial charge in [-0.2, -0.15) is 0 Å². The van der Waals surface area contributed by atoms with Crippen LogP contribution < -0.4 is 4.72 Å². The van der Waals surface area contributed by atoms with Crippen LogP contribution in [0.3, 0.4) is 0 Å². The van der Waals surface area contributed by atoms with E-state index in [-0.39, 0.29) is 5.75 Å². The molecule has 0 saturated heterocycles. The van der Waals surface area contributed by atoms with Gasteiger partial charge in [-0.05, 0) is 37.3 Å².